The second-order valence-corrected chi connectivity index (χ2v) is 2.61. The Morgan fingerprint density at radius 1 is 1.20 bits per heavy atom. The molecule has 0 aliphatic carbocycles. The zero-order valence-corrected chi connectivity index (χ0v) is 7.98. The van der Waals surface area contributed by atoms with Crippen molar-refractivity contribution >= 4 is 5.69 Å². The van der Waals surface area contributed by atoms with Crippen molar-refractivity contribution in [3.05, 3.63) is 40.4 Å². The van der Waals surface area contributed by atoms with Crippen LogP contribution in [0.4, 0.5) is 5.69 Å². The van der Waals surface area contributed by atoms with Gasteiger partial charge in [-0.3, -0.25) is 10.1 Å². The molecule has 0 fully saturated rings. The SMILES string of the molecule is O=[N+]([O-])c1ccccc1.OCC(O)CO. The first-order chi connectivity index (χ1) is 7.11. The van der Waals surface area contributed by atoms with Crippen LogP contribution in [0.25, 0.3) is 0 Å². The van der Waals surface area contributed by atoms with Gasteiger partial charge < -0.3 is 15.3 Å². The molecule has 3 N–H and O–H groups in total. The van der Waals surface area contributed by atoms with E-state index in [9.17, 15) is 10.1 Å². The summed E-state index contributed by atoms with van der Waals surface area (Å²) in [6.45, 7) is -0.729. The maximum Gasteiger partial charge on any atom is 0.269 e. The summed E-state index contributed by atoms with van der Waals surface area (Å²) in [5.74, 6) is 0. The highest BCUT2D eigenvalue weighted by molar-refractivity contribution is 5.27. The molecule has 0 aromatic heterocycles. The van der Waals surface area contributed by atoms with Crippen molar-refractivity contribution in [2.45, 2.75) is 6.10 Å². The van der Waals surface area contributed by atoms with Crippen LogP contribution in [0.1, 0.15) is 0 Å². The number of benzene rings is 1. The summed E-state index contributed by atoms with van der Waals surface area (Å²) in [4.78, 5) is 9.59. The molecule has 0 saturated heterocycles. The third kappa shape index (κ3) is 6.55. The molecule has 0 saturated carbocycles. The molecule has 0 unspecified atom stereocenters. The summed E-state index contributed by atoms with van der Waals surface area (Å²) in [5.41, 5.74) is 0.137. The molecule has 1 aromatic rings. The Hall–Kier alpha value is -1.50. The van der Waals surface area contributed by atoms with Crippen LogP contribution in [0.2, 0.25) is 0 Å². The van der Waals surface area contributed by atoms with E-state index >= 15 is 0 Å². The first-order valence-corrected chi connectivity index (χ1v) is 4.21. The highest BCUT2D eigenvalue weighted by Crippen LogP contribution is 2.06. The van der Waals surface area contributed by atoms with Gasteiger partial charge in [0.15, 0.2) is 0 Å². The minimum absolute atomic E-state index is 0.137. The molecule has 6 nitrogen and oxygen atoms in total. The quantitative estimate of drug-likeness (QED) is 0.483. The molecule has 0 spiro atoms. The molecule has 6 heteroatoms. The van der Waals surface area contributed by atoms with Crippen LogP contribution < -0.4 is 0 Å². The molecule has 0 amide bonds. The molecule has 0 aliphatic rings. The maximum absolute atomic E-state index is 10.0. The fraction of sp³-hybridized carbons (Fsp3) is 0.333. The van der Waals surface area contributed by atoms with E-state index in [1.165, 1.54) is 12.1 Å². The highest BCUT2D eigenvalue weighted by Gasteiger charge is 1.98. The van der Waals surface area contributed by atoms with Crippen LogP contribution in [0.15, 0.2) is 30.3 Å². The summed E-state index contributed by atoms with van der Waals surface area (Å²) in [6, 6.07) is 7.93. The number of para-hydroxylation sites is 1. The van der Waals surface area contributed by atoms with Gasteiger partial charge >= 0.3 is 0 Å². The van der Waals surface area contributed by atoms with E-state index in [-0.39, 0.29) is 18.9 Å². The summed E-state index contributed by atoms with van der Waals surface area (Å²) >= 11 is 0. The van der Waals surface area contributed by atoms with Gasteiger partial charge in [0.25, 0.3) is 5.69 Å². The number of aliphatic hydroxyl groups is 3. The lowest BCUT2D eigenvalue weighted by molar-refractivity contribution is -0.384. The van der Waals surface area contributed by atoms with Gasteiger partial charge in [0.05, 0.1) is 18.1 Å². The number of nitrogens with zero attached hydrogens (tertiary/aromatic N) is 1. The monoisotopic (exact) mass is 215 g/mol. The average molecular weight is 215 g/mol. The predicted molar refractivity (Wildman–Crippen MR) is 53.3 cm³/mol. The molecular formula is C9H13NO5. The van der Waals surface area contributed by atoms with E-state index < -0.39 is 11.0 Å². The molecule has 15 heavy (non-hydrogen) atoms. The molecule has 1 aromatic carbocycles. The number of aliphatic hydroxyl groups excluding tert-OH is 3. The van der Waals surface area contributed by atoms with Crippen molar-refractivity contribution in [2.24, 2.45) is 0 Å². The molecule has 0 aliphatic heterocycles. The van der Waals surface area contributed by atoms with Crippen LogP contribution in [0, 0.1) is 10.1 Å². The summed E-state index contributed by atoms with van der Waals surface area (Å²) in [6.07, 6.45) is -0.954. The molecule has 0 bridgehead atoms. The van der Waals surface area contributed by atoms with Crippen LogP contribution in [0.3, 0.4) is 0 Å². The fourth-order valence-corrected chi connectivity index (χ4v) is 0.607. The van der Waals surface area contributed by atoms with Gasteiger partial charge in [-0.05, 0) is 0 Å². The second-order valence-electron chi connectivity index (χ2n) is 2.61. The van der Waals surface area contributed by atoms with Crippen LogP contribution in [0.5, 0.6) is 0 Å². The topological polar surface area (TPSA) is 104 Å². The van der Waals surface area contributed by atoms with Crippen molar-refractivity contribution in [1.82, 2.24) is 0 Å². The Balaban J connectivity index is 0.000000288. The normalized spacial score (nSPS) is 9.33. The Morgan fingerprint density at radius 3 is 1.87 bits per heavy atom. The Bertz CT molecular complexity index is 273. The minimum Gasteiger partial charge on any atom is -0.394 e. The number of hydrogen-bond acceptors (Lipinski definition) is 5. The van der Waals surface area contributed by atoms with Crippen molar-refractivity contribution in [3.8, 4) is 0 Å². The van der Waals surface area contributed by atoms with Crippen molar-refractivity contribution in [1.29, 1.82) is 0 Å². The lowest BCUT2D eigenvalue weighted by Gasteiger charge is -1.96. The Kier molecular flexibility index (Phi) is 7.08. The lowest BCUT2D eigenvalue weighted by atomic mass is 10.3. The number of hydrogen-bond donors (Lipinski definition) is 3. The van der Waals surface area contributed by atoms with E-state index in [4.69, 9.17) is 15.3 Å². The minimum atomic E-state index is -0.954. The largest absolute Gasteiger partial charge is 0.394 e. The van der Waals surface area contributed by atoms with Crippen molar-refractivity contribution in [2.75, 3.05) is 13.2 Å². The molecular weight excluding hydrogens is 202 g/mol. The van der Waals surface area contributed by atoms with Gasteiger partial charge in [-0.15, -0.1) is 0 Å². The standard InChI is InChI=1S/C6H5NO2.C3H8O3/c8-7(9)6-4-2-1-3-5-6;4-1-3(6)2-5/h1-5H;3-6H,1-2H2. The number of nitro benzene ring substituents is 1. The number of non-ortho nitro benzene ring substituents is 1. The third-order valence-electron chi connectivity index (χ3n) is 1.39. The van der Waals surface area contributed by atoms with Crippen molar-refractivity contribution in [3.63, 3.8) is 0 Å². The smallest absolute Gasteiger partial charge is 0.269 e. The van der Waals surface area contributed by atoms with E-state index in [2.05, 4.69) is 0 Å². The lowest BCUT2D eigenvalue weighted by Crippen LogP contribution is -2.15. The summed E-state index contributed by atoms with van der Waals surface area (Å²) in [7, 11) is 0. The van der Waals surface area contributed by atoms with Gasteiger partial charge in [-0.2, -0.15) is 0 Å². The van der Waals surface area contributed by atoms with E-state index in [0.717, 1.165) is 0 Å². The first-order valence-electron chi connectivity index (χ1n) is 4.21. The Labute approximate surface area is 86.6 Å². The zero-order chi connectivity index (χ0) is 11.7. The Morgan fingerprint density at radius 2 is 1.67 bits per heavy atom. The molecule has 0 heterocycles. The number of rotatable bonds is 3. The molecule has 1 rings (SSSR count). The van der Waals surface area contributed by atoms with Gasteiger partial charge in [0.1, 0.15) is 6.10 Å². The van der Waals surface area contributed by atoms with E-state index in [1.807, 2.05) is 0 Å². The van der Waals surface area contributed by atoms with Gasteiger partial charge in [-0.25, -0.2) is 0 Å². The predicted octanol–water partition coefficient (Wildman–Crippen LogP) is -0.0733. The summed E-state index contributed by atoms with van der Waals surface area (Å²) in [5, 5.41) is 34.0. The zero-order valence-electron chi connectivity index (χ0n) is 7.98. The average Bonchev–Trinajstić information content (AvgIpc) is 2.30. The van der Waals surface area contributed by atoms with Crippen LogP contribution >= 0.6 is 0 Å². The van der Waals surface area contributed by atoms with Gasteiger partial charge in [-0.1, -0.05) is 18.2 Å². The third-order valence-corrected chi connectivity index (χ3v) is 1.39. The van der Waals surface area contributed by atoms with Gasteiger partial charge in [0, 0.05) is 12.1 Å². The fourth-order valence-electron chi connectivity index (χ4n) is 0.607. The van der Waals surface area contributed by atoms with E-state index in [1.54, 1.807) is 18.2 Å². The van der Waals surface area contributed by atoms with Crippen LogP contribution in [-0.4, -0.2) is 39.6 Å². The van der Waals surface area contributed by atoms with Crippen LogP contribution in [-0.2, 0) is 0 Å². The molecule has 0 atom stereocenters. The highest BCUT2D eigenvalue weighted by atomic mass is 16.6. The van der Waals surface area contributed by atoms with E-state index in [0.29, 0.717) is 0 Å². The first kappa shape index (κ1) is 13.5. The van der Waals surface area contributed by atoms with Crippen molar-refractivity contribution < 1.29 is 20.2 Å². The number of nitro groups is 1. The molecule has 84 valence electrons. The summed E-state index contributed by atoms with van der Waals surface area (Å²) < 4.78 is 0. The second kappa shape index (κ2) is 7.86. The maximum atomic E-state index is 10.0. The van der Waals surface area contributed by atoms with Gasteiger partial charge in [0.2, 0.25) is 0 Å². The molecule has 0 radical (unpaired) electrons.